The van der Waals surface area contributed by atoms with Crippen molar-refractivity contribution < 1.29 is 18.1 Å². The summed E-state index contributed by atoms with van der Waals surface area (Å²) in [5, 5.41) is 0. The van der Waals surface area contributed by atoms with E-state index in [0.717, 1.165) is 11.0 Å². The van der Waals surface area contributed by atoms with Gasteiger partial charge in [-0.25, -0.2) is 8.78 Å². The molecule has 2 nitrogen and oxygen atoms in total. The lowest BCUT2D eigenvalue weighted by Crippen LogP contribution is -2.41. The Hall–Kier alpha value is -0.415. The van der Waals surface area contributed by atoms with Crippen LogP contribution in [0.5, 0.6) is 0 Å². The minimum atomic E-state index is -2.59. The molecule has 0 aromatic carbocycles. The van der Waals surface area contributed by atoms with Crippen molar-refractivity contribution in [2.75, 3.05) is 0 Å². The third kappa shape index (κ3) is 2.80. The number of hydrogen-bond acceptors (Lipinski definition) is 2. The molecule has 0 amide bonds. The molecule has 2 aliphatic rings. The molecule has 1 heterocycles. The number of alkyl halides is 2. The van der Waals surface area contributed by atoms with Crippen LogP contribution in [0.3, 0.4) is 0 Å². The van der Waals surface area contributed by atoms with Crippen LogP contribution in [0.1, 0.15) is 60.8 Å². The summed E-state index contributed by atoms with van der Waals surface area (Å²) in [5.74, 6) is -2.50. The summed E-state index contributed by atoms with van der Waals surface area (Å²) in [6.45, 7) is 11.9. The first-order chi connectivity index (χ1) is 8.95. The molecular formula is C15H25BF2O2. The SMILES string of the molecule is CC(C)C1=C(B2OC(C)(C)C(C)(C)O2)CCC(F)(F)C1. The predicted molar refractivity (Wildman–Crippen MR) is 76.7 cm³/mol. The third-order valence-corrected chi connectivity index (χ3v) is 4.86. The van der Waals surface area contributed by atoms with Crippen molar-refractivity contribution in [2.45, 2.75) is 77.9 Å². The summed E-state index contributed by atoms with van der Waals surface area (Å²) < 4.78 is 39.4. The monoisotopic (exact) mass is 286 g/mol. The second-order valence-corrected chi connectivity index (χ2v) is 7.33. The molecule has 0 radical (unpaired) electrons. The first-order valence-electron chi connectivity index (χ1n) is 7.40. The van der Waals surface area contributed by atoms with Crippen molar-refractivity contribution >= 4 is 7.12 Å². The fourth-order valence-electron chi connectivity index (χ4n) is 2.79. The smallest absolute Gasteiger partial charge is 0.400 e. The highest BCUT2D eigenvalue weighted by molar-refractivity contribution is 6.54. The average Bonchev–Trinajstić information content (AvgIpc) is 2.46. The molecule has 0 atom stereocenters. The number of rotatable bonds is 2. The molecule has 1 aliphatic heterocycles. The molecule has 1 fully saturated rings. The Morgan fingerprint density at radius 3 is 2.00 bits per heavy atom. The predicted octanol–water partition coefficient (Wildman–Crippen LogP) is 4.39. The molecule has 0 unspecified atom stereocenters. The van der Waals surface area contributed by atoms with E-state index in [-0.39, 0.29) is 18.8 Å². The van der Waals surface area contributed by atoms with Gasteiger partial charge in [-0.15, -0.1) is 0 Å². The van der Waals surface area contributed by atoms with Gasteiger partial charge in [0.1, 0.15) is 0 Å². The summed E-state index contributed by atoms with van der Waals surface area (Å²) in [6.07, 6.45) is 0.0873. The zero-order chi connectivity index (χ0) is 15.3. The zero-order valence-corrected chi connectivity index (χ0v) is 13.3. The highest BCUT2D eigenvalue weighted by atomic mass is 19.3. The van der Waals surface area contributed by atoms with Gasteiger partial charge in [0.15, 0.2) is 0 Å². The van der Waals surface area contributed by atoms with Crippen LogP contribution in [0.4, 0.5) is 8.78 Å². The van der Waals surface area contributed by atoms with Crippen molar-refractivity contribution in [3.8, 4) is 0 Å². The fourth-order valence-corrected chi connectivity index (χ4v) is 2.79. The van der Waals surface area contributed by atoms with E-state index >= 15 is 0 Å². The van der Waals surface area contributed by atoms with E-state index < -0.39 is 24.2 Å². The van der Waals surface area contributed by atoms with E-state index in [2.05, 4.69) is 0 Å². The second kappa shape index (κ2) is 4.80. The Bertz CT molecular complexity index is 412. The summed E-state index contributed by atoms with van der Waals surface area (Å²) in [6, 6.07) is 0. The van der Waals surface area contributed by atoms with E-state index in [1.165, 1.54) is 0 Å². The summed E-state index contributed by atoms with van der Waals surface area (Å²) in [7, 11) is -0.478. The lowest BCUT2D eigenvalue weighted by atomic mass is 9.66. The number of allylic oxidation sites excluding steroid dienone is 2. The van der Waals surface area contributed by atoms with Gasteiger partial charge in [-0.05, 0) is 45.5 Å². The van der Waals surface area contributed by atoms with Crippen molar-refractivity contribution in [2.24, 2.45) is 5.92 Å². The molecule has 0 saturated carbocycles. The molecular weight excluding hydrogens is 261 g/mol. The van der Waals surface area contributed by atoms with Gasteiger partial charge in [-0.3, -0.25) is 0 Å². The average molecular weight is 286 g/mol. The molecule has 0 spiro atoms. The van der Waals surface area contributed by atoms with Crippen molar-refractivity contribution in [1.29, 1.82) is 0 Å². The molecule has 20 heavy (non-hydrogen) atoms. The van der Waals surface area contributed by atoms with Gasteiger partial charge in [0, 0.05) is 12.8 Å². The Morgan fingerprint density at radius 1 is 1.05 bits per heavy atom. The van der Waals surface area contributed by atoms with Crippen LogP contribution in [0.25, 0.3) is 0 Å². The molecule has 2 rings (SSSR count). The summed E-state index contributed by atoms with van der Waals surface area (Å²) in [4.78, 5) is 0. The van der Waals surface area contributed by atoms with Gasteiger partial charge in [-0.2, -0.15) is 0 Å². The third-order valence-electron chi connectivity index (χ3n) is 4.86. The van der Waals surface area contributed by atoms with E-state index in [9.17, 15) is 8.78 Å². The molecule has 0 bridgehead atoms. The molecule has 1 aliphatic carbocycles. The Labute approximate surface area is 121 Å². The Kier molecular flexibility index (Phi) is 3.84. The van der Waals surface area contributed by atoms with Crippen LogP contribution in [-0.2, 0) is 9.31 Å². The Balaban J connectivity index is 2.32. The number of halogens is 2. The van der Waals surface area contributed by atoms with Crippen LogP contribution in [0.15, 0.2) is 11.0 Å². The van der Waals surface area contributed by atoms with Gasteiger partial charge in [0.05, 0.1) is 11.2 Å². The number of hydrogen-bond donors (Lipinski definition) is 0. The van der Waals surface area contributed by atoms with E-state index in [1.54, 1.807) is 0 Å². The van der Waals surface area contributed by atoms with Crippen LogP contribution in [0.2, 0.25) is 0 Å². The van der Waals surface area contributed by atoms with Gasteiger partial charge in [0.2, 0.25) is 0 Å². The van der Waals surface area contributed by atoms with E-state index in [0.29, 0.717) is 6.42 Å². The fraction of sp³-hybridized carbons (Fsp3) is 0.867. The maximum atomic E-state index is 13.7. The highest BCUT2D eigenvalue weighted by Gasteiger charge is 2.54. The molecule has 5 heteroatoms. The lowest BCUT2D eigenvalue weighted by molar-refractivity contribution is -0.0137. The standard InChI is InChI=1S/C15H25BF2O2/c1-10(2)11-9-15(17,18)8-7-12(11)16-19-13(3,4)14(5,6)20-16/h10H,7-9H2,1-6H3. The first kappa shape index (κ1) is 16.0. The maximum Gasteiger partial charge on any atom is 0.490 e. The van der Waals surface area contributed by atoms with Crippen LogP contribution in [-0.4, -0.2) is 24.2 Å². The van der Waals surface area contributed by atoms with Crippen molar-refractivity contribution in [3.63, 3.8) is 0 Å². The summed E-state index contributed by atoms with van der Waals surface area (Å²) in [5.41, 5.74) is 0.892. The molecule has 114 valence electrons. The quantitative estimate of drug-likeness (QED) is 0.701. The van der Waals surface area contributed by atoms with Gasteiger partial charge in [0.25, 0.3) is 5.92 Å². The zero-order valence-electron chi connectivity index (χ0n) is 13.3. The van der Waals surface area contributed by atoms with Gasteiger partial charge in [-0.1, -0.05) is 19.4 Å². The van der Waals surface area contributed by atoms with E-state index in [4.69, 9.17) is 9.31 Å². The van der Waals surface area contributed by atoms with Crippen LogP contribution >= 0.6 is 0 Å². The lowest BCUT2D eigenvalue weighted by Gasteiger charge is -2.32. The summed E-state index contributed by atoms with van der Waals surface area (Å²) >= 11 is 0. The van der Waals surface area contributed by atoms with Crippen molar-refractivity contribution in [1.82, 2.24) is 0 Å². The molecule has 0 N–H and O–H groups in total. The molecule has 0 aromatic heterocycles. The van der Waals surface area contributed by atoms with Gasteiger partial charge < -0.3 is 9.31 Å². The van der Waals surface area contributed by atoms with E-state index in [1.807, 2.05) is 41.5 Å². The topological polar surface area (TPSA) is 18.5 Å². The minimum absolute atomic E-state index is 0.0928. The Morgan fingerprint density at radius 2 is 1.55 bits per heavy atom. The highest BCUT2D eigenvalue weighted by Crippen LogP contribution is 2.45. The van der Waals surface area contributed by atoms with Crippen LogP contribution < -0.4 is 0 Å². The van der Waals surface area contributed by atoms with Crippen LogP contribution in [0, 0.1) is 5.92 Å². The van der Waals surface area contributed by atoms with Crippen molar-refractivity contribution in [3.05, 3.63) is 11.0 Å². The largest absolute Gasteiger partial charge is 0.490 e. The van der Waals surface area contributed by atoms with Gasteiger partial charge >= 0.3 is 7.12 Å². The minimum Gasteiger partial charge on any atom is -0.400 e. The molecule has 0 aromatic rings. The second-order valence-electron chi connectivity index (χ2n) is 7.33. The normalized spacial score (nSPS) is 28.4. The molecule has 1 saturated heterocycles. The first-order valence-corrected chi connectivity index (χ1v) is 7.40. The maximum absolute atomic E-state index is 13.7.